The van der Waals surface area contributed by atoms with E-state index in [0.29, 0.717) is 6.04 Å². The molecule has 0 fully saturated rings. The first-order valence-electron chi connectivity index (χ1n) is 5.23. The Bertz CT molecular complexity index is 302. The molecule has 0 aromatic heterocycles. The molecule has 1 nitrogen and oxygen atoms in total. The van der Waals surface area contributed by atoms with Crippen LogP contribution in [-0.2, 0) is 6.42 Å². The van der Waals surface area contributed by atoms with Gasteiger partial charge in [0.15, 0.2) is 0 Å². The molecule has 0 N–H and O–H groups in total. The summed E-state index contributed by atoms with van der Waals surface area (Å²) >= 11 is 0. The largest absolute Gasteiger partial charge is 0.306 e. The first-order valence-corrected chi connectivity index (χ1v) is 5.23. The molecule has 0 unspecified atom stereocenters. The van der Waals surface area contributed by atoms with Gasteiger partial charge in [0.05, 0.1) is 0 Å². The molecule has 0 radical (unpaired) electrons. The Morgan fingerprint density at radius 3 is 2.43 bits per heavy atom. The Morgan fingerprint density at radius 2 is 1.86 bits per heavy atom. The molecule has 14 heavy (non-hydrogen) atoms. The summed E-state index contributed by atoms with van der Waals surface area (Å²) in [5, 5.41) is 0. The number of rotatable bonds is 3. The van der Waals surface area contributed by atoms with Gasteiger partial charge in [-0.15, -0.1) is 0 Å². The number of likely N-dealkylation sites (N-methyl/N-ethyl adjacent to an activating group) is 1. The molecule has 0 saturated carbocycles. The topological polar surface area (TPSA) is 3.24 Å². The molecule has 0 bridgehead atoms. The predicted molar refractivity (Wildman–Crippen MR) is 62.8 cm³/mol. The second-order valence-corrected chi connectivity index (χ2v) is 4.45. The number of nitrogens with zero attached hydrogens (tertiary/aromatic N) is 1. The van der Waals surface area contributed by atoms with Gasteiger partial charge < -0.3 is 4.90 Å². The minimum Gasteiger partial charge on any atom is -0.306 e. The van der Waals surface area contributed by atoms with Gasteiger partial charge in [-0.2, -0.15) is 0 Å². The van der Waals surface area contributed by atoms with E-state index in [0.717, 1.165) is 6.42 Å². The molecule has 0 saturated heterocycles. The van der Waals surface area contributed by atoms with Crippen LogP contribution in [0.3, 0.4) is 0 Å². The van der Waals surface area contributed by atoms with Gasteiger partial charge in [0.1, 0.15) is 0 Å². The predicted octanol–water partition coefficient (Wildman–Crippen LogP) is 2.80. The number of hydrogen-bond acceptors (Lipinski definition) is 1. The first kappa shape index (κ1) is 11.3. The molecule has 0 aliphatic carbocycles. The van der Waals surface area contributed by atoms with Gasteiger partial charge in [0.2, 0.25) is 0 Å². The third kappa shape index (κ3) is 2.85. The van der Waals surface area contributed by atoms with Crippen LogP contribution in [0.5, 0.6) is 0 Å². The van der Waals surface area contributed by atoms with E-state index in [4.69, 9.17) is 0 Å². The molecular formula is C13H21N. The molecule has 0 amide bonds. The van der Waals surface area contributed by atoms with Crippen LogP contribution in [0.15, 0.2) is 18.2 Å². The second kappa shape index (κ2) is 4.61. The van der Waals surface area contributed by atoms with Crippen molar-refractivity contribution in [1.82, 2.24) is 4.90 Å². The van der Waals surface area contributed by atoms with Crippen LogP contribution >= 0.6 is 0 Å². The maximum Gasteiger partial charge on any atom is 0.0101 e. The smallest absolute Gasteiger partial charge is 0.0101 e. The third-order valence-corrected chi connectivity index (χ3v) is 2.90. The van der Waals surface area contributed by atoms with Crippen LogP contribution < -0.4 is 0 Å². The van der Waals surface area contributed by atoms with Gasteiger partial charge in [-0.3, -0.25) is 0 Å². The van der Waals surface area contributed by atoms with Gasteiger partial charge in [0, 0.05) is 6.04 Å². The molecule has 1 aromatic rings. The van der Waals surface area contributed by atoms with Crippen LogP contribution in [-0.4, -0.2) is 25.0 Å². The van der Waals surface area contributed by atoms with Crippen LogP contribution in [0.2, 0.25) is 0 Å². The summed E-state index contributed by atoms with van der Waals surface area (Å²) in [5.74, 6) is 0. The van der Waals surface area contributed by atoms with E-state index in [-0.39, 0.29) is 0 Å². The Balaban J connectivity index is 2.80. The van der Waals surface area contributed by atoms with Crippen molar-refractivity contribution in [2.75, 3.05) is 14.1 Å². The maximum atomic E-state index is 2.30. The molecule has 0 aliphatic heterocycles. The van der Waals surface area contributed by atoms with Crippen molar-refractivity contribution < 1.29 is 0 Å². The van der Waals surface area contributed by atoms with Gasteiger partial charge in [-0.05, 0) is 52.4 Å². The molecule has 1 aromatic carbocycles. The zero-order valence-corrected chi connectivity index (χ0v) is 9.96. The lowest BCUT2D eigenvalue weighted by Gasteiger charge is -2.20. The zero-order valence-electron chi connectivity index (χ0n) is 9.96. The normalized spacial score (nSPS) is 13.3. The van der Waals surface area contributed by atoms with E-state index in [2.05, 4.69) is 58.0 Å². The lowest BCUT2D eigenvalue weighted by molar-refractivity contribution is 0.312. The Kier molecular flexibility index (Phi) is 3.70. The van der Waals surface area contributed by atoms with Gasteiger partial charge in [-0.1, -0.05) is 23.8 Å². The molecule has 78 valence electrons. The minimum absolute atomic E-state index is 0.607. The average Bonchev–Trinajstić information content (AvgIpc) is 2.11. The maximum absolute atomic E-state index is 2.30. The van der Waals surface area contributed by atoms with Gasteiger partial charge >= 0.3 is 0 Å². The minimum atomic E-state index is 0.607. The van der Waals surface area contributed by atoms with Crippen LogP contribution in [0, 0.1) is 13.8 Å². The molecule has 0 spiro atoms. The van der Waals surface area contributed by atoms with Crippen LogP contribution in [0.4, 0.5) is 0 Å². The number of aryl methyl sites for hydroxylation is 2. The van der Waals surface area contributed by atoms with Crippen molar-refractivity contribution in [3.05, 3.63) is 34.9 Å². The van der Waals surface area contributed by atoms with E-state index in [1.54, 1.807) is 0 Å². The summed E-state index contributed by atoms with van der Waals surface area (Å²) in [5.41, 5.74) is 4.24. The number of hydrogen-bond donors (Lipinski definition) is 0. The fourth-order valence-corrected chi connectivity index (χ4v) is 1.52. The Morgan fingerprint density at radius 1 is 1.21 bits per heavy atom. The van der Waals surface area contributed by atoms with Crippen molar-refractivity contribution in [3.8, 4) is 0 Å². The summed E-state index contributed by atoms with van der Waals surface area (Å²) in [6.07, 6.45) is 1.14. The highest BCUT2D eigenvalue weighted by Gasteiger charge is 2.07. The molecule has 1 heteroatoms. The standard InChI is InChI=1S/C13H21N/c1-10-6-7-11(2)13(8-10)9-12(3)14(4)5/h6-8,12H,9H2,1-5H3/t12-/m1/s1. The average molecular weight is 191 g/mol. The van der Waals surface area contributed by atoms with E-state index in [1.165, 1.54) is 16.7 Å². The van der Waals surface area contributed by atoms with E-state index in [1.807, 2.05) is 0 Å². The summed E-state index contributed by atoms with van der Waals surface area (Å²) in [7, 11) is 4.27. The van der Waals surface area contributed by atoms with Crippen molar-refractivity contribution in [1.29, 1.82) is 0 Å². The highest BCUT2D eigenvalue weighted by molar-refractivity contribution is 5.31. The number of benzene rings is 1. The van der Waals surface area contributed by atoms with Crippen LogP contribution in [0.1, 0.15) is 23.6 Å². The monoisotopic (exact) mass is 191 g/mol. The highest BCUT2D eigenvalue weighted by Crippen LogP contribution is 2.14. The molecule has 1 atom stereocenters. The van der Waals surface area contributed by atoms with Crippen LogP contribution in [0.25, 0.3) is 0 Å². The van der Waals surface area contributed by atoms with E-state index in [9.17, 15) is 0 Å². The lowest BCUT2D eigenvalue weighted by Crippen LogP contribution is -2.26. The SMILES string of the molecule is Cc1ccc(C)c(C[C@@H](C)N(C)C)c1. The van der Waals surface area contributed by atoms with E-state index < -0.39 is 0 Å². The highest BCUT2D eigenvalue weighted by atomic mass is 15.1. The Hall–Kier alpha value is -0.820. The summed E-state index contributed by atoms with van der Waals surface area (Å²) in [6, 6.07) is 7.30. The quantitative estimate of drug-likeness (QED) is 0.710. The van der Waals surface area contributed by atoms with Crippen molar-refractivity contribution in [3.63, 3.8) is 0 Å². The summed E-state index contributed by atoms with van der Waals surface area (Å²) in [6.45, 7) is 6.61. The molecule has 1 rings (SSSR count). The third-order valence-electron chi connectivity index (χ3n) is 2.90. The Labute approximate surface area is 87.7 Å². The summed E-state index contributed by atoms with van der Waals surface area (Å²) < 4.78 is 0. The molecule has 0 aliphatic rings. The molecular weight excluding hydrogens is 170 g/mol. The van der Waals surface area contributed by atoms with Crippen molar-refractivity contribution >= 4 is 0 Å². The van der Waals surface area contributed by atoms with Gasteiger partial charge in [-0.25, -0.2) is 0 Å². The second-order valence-electron chi connectivity index (χ2n) is 4.45. The summed E-state index contributed by atoms with van der Waals surface area (Å²) in [4.78, 5) is 2.27. The fourth-order valence-electron chi connectivity index (χ4n) is 1.52. The zero-order chi connectivity index (χ0) is 10.7. The van der Waals surface area contributed by atoms with E-state index >= 15 is 0 Å². The lowest BCUT2D eigenvalue weighted by atomic mass is 9.99. The first-order chi connectivity index (χ1) is 6.50. The van der Waals surface area contributed by atoms with Gasteiger partial charge in [0.25, 0.3) is 0 Å². The fraction of sp³-hybridized carbons (Fsp3) is 0.538. The van der Waals surface area contributed by atoms with Crippen molar-refractivity contribution in [2.24, 2.45) is 0 Å². The molecule has 0 heterocycles. The van der Waals surface area contributed by atoms with Crippen molar-refractivity contribution in [2.45, 2.75) is 33.2 Å².